The van der Waals surface area contributed by atoms with Crippen LogP contribution in [0.15, 0.2) is 47.6 Å². The summed E-state index contributed by atoms with van der Waals surface area (Å²) in [6.45, 7) is 4.36. The molecule has 2 aromatic rings. The van der Waals surface area contributed by atoms with Gasteiger partial charge in [0.1, 0.15) is 6.54 Å². The number of urea groups is 1. The largest absolute Gasteiger partial charge is 0.446 e. The van der Waals surface area contributed by atoms with Gasteiger partial charge in [-0.05, 0) is 65.6 Å². The van der Waals surface area contributed by atoms with Crippen molar-refractivity contribution in [2.24, 2.45) is 5.92 Å². The minimum absolute atomic E-state index is 0.00712. The van der Waals surface area contributed by atoms with Crippen molar-refractivity contribution in [1.29, 1.82) is 0 Å². The van der Waals surface area contributed by atoms with Crippen LogP contribution in [0.1, 0.15) is 25.0 Å². The van der Waals surface area contributed by atoms with Gasteiger partial charge in [0.15, 0.2) is 0 Å². The number of aromatic nitrogens is 1. The van der Waals surface area contributed by atoms with Gasteiger partial charge in [-0.25, -0.2) is 9.69 Å². The van der Waals surface area contributed by atoms with Gasteiger partial charge >= 0.3 is 11.5 Å². The lowest BCUT2D eigenvalue weighted by Crippen LogP contribution is -2.33. The average Bonchev–Trinajstić information content (AvgIpc) is 2.89. The minimum atomic E-state index is -4.39. The topological polar surface area (TPSA) is 53.5 Å². The molecule has 1 saturated heterocycles. The Kier molecular flexibility index (Phi) is 6.16. The molecule has 0 unspecified atom stereocenters. The number of carbonyl (C=O) groups is 2. The molecule has 1 aromatic carbocycles. The molecule has 9 heteroatoms. The summed E-state index contributed by atoms with van der Waals surface area (Å²) >= 11 is -0.242. The second kappa shape index (κ2) is 8.44. The van der Waals surface area contributed by atoms with E-state index < -0.39 is 17.4 Å². The molecule has 0 radical (unpaired) electrons. The maximum Gasteiger partial charge on any atom is 0.446 e. The molecule has 0 bridgehead atoms. The highest BCUT2D eigenvalue weighted by atomic mass is 32.2. The van der Waals surface area contributed by atoms with Crippen LogP contribution in [0.5, 0.6) is 0 Å². The number of halogens is 3. The van der Waals surface area contributed by atoms with Crippen LogP contribution in [-0.2, 0) is 17.8 Å². The van der Waals surface area contributed by atoms with Crippen LogP contribution in [0.25, 0.3) is 0 Å². The van der Waals surface area contributed by atoms with Gasteiger partial charge in [-0.15, -0.1) is 0 Å². The van der Waals surface area contributed by atoms with E-state index in [1.54, 1.807) is 12.4 Å². The van der Waals surface area contributed by atoms with Crippen LogP contribution in [0, 0.1) is 5.92 Å². The number of hydrogen-bond acceptors (Lipinski definition) is 4. The maximum atomic E-state index is 12.8. The fraction of sp³-hybridized carbons (Fsp3) is 0.350. The maximum absolute atomic E-state index is 12.8. The van der Waals surface area contributed by atoms with Crippen molar-refractivity contribution >= 4 is 29.4 Å². The van der Waals surface area contributed by atoms with E-state index in [1.165, 1.54) is 29.2 Å². The van der Waals surface area contributed by atoms with Gasteiger partial charge in [-0.1, -0.05) is 13.8 Å². The first-order chi connectivity index (χ1) is 13.6. The molecule has 0 atom stereocenters. The van der Waals surface area contributed by atoms with Gasteiger partial charge in [0.05, 0.1) is 5.69 Å². The Balaban J connectivity index is 1.75. The van der Waals surface area contributed by atoms with Crippen LogP contribution in [0.2, 0.25) is 0 Å². The van der Waals surface area contributed by atoms with Crippen molar-refractivity contribution in [3.05, 3.63) is 53.9 Å². The first-order valence-electron chi connectivity index (χ1n) is 9.03. The SMILES string of the molecule is CC(C)Cc1cnccc1CN1CC(=O)N(c2ccc(SC(F)(F)F)cc2)C1=O. The summed E-state index contributed by atoms with van der Waals surface area (Å²) in [5, 5.41) is 0. The Labute approximate surface area is 170 Å². The molecule has 0 saturated carbocycles. The zero-order valence-corrected chi connectivity index (χ0v) is 16.8. The third kappa shape index (κ3) is 5.29. The quantitative estimate of drug-likeness (QED) is 0.492. The second-order valence-electron chi connectivity index (χ2n) is 7.15. The summed E-state index contributed by atoms with van der Waals surface area (Å²) in [6.07, 6.45) is 4.23. The highest BCUT2D eigenvalue weighted by molar-refractivity contribution is 8.00. The van der Waals surface area contributed by atoms with Crippen LogP contribution in [0.4, 0.5) is 23.7 Å². The number of hydrogen-bond donors (Lipinski definition) is 0. The third-order valence-corrected chi connectivity index (χ3v) is 5.10. The van der Waals surface area contributed by atoms with E-state index in [0.29, 0.717) is 5.92 Å². The summed E-state index contributed by atoms with van der Waals surface area (Å²) in [5.41, 5.74) is -2.19. The molecule has 5 nitrogen and oxygen atoms in total. The van der Waals surface area contributed by atoms with E-state index in [0.717, 1.165) is 22.4 Å². The predicted molar refractivity (Wildman–Crippen MR) is 104 cm³/mol. The Morgan fingerprint density at radius 3 is 2.41 bits per heavy atom. The van der Waals surface area contributed by atoms with E-state index in [2.05, 4.69) is 18.8 Å². The molecule has 3 amide bonds. The van der Waals surface area contributed by atoms with Crippen molar-refractivity contribution in [2.75, 3.05) is 11.4 Å². The Hall–Kier alpha value is -2.55. The molecule has 1 fully saturated rings. The lowest BCUT2D eigenvalue weighted by molar-refractivity contribution is -0.116. The minimum Gasteiger partial charge on any atom is -0.310 e. The fourth-order valence-corrected chi connectivity index (χ4v) is 3.70. The number of thioether (sulfide) groups is 1. The molecule has 2 heterocycles. The molecule has 154 valence electrons. The van der Waals surface area contributed by atoms with Crippen molar-refractivity contribution < 1.29 is 22.8 Å². The standard InChI is InChI=1S/C20H20F3N3O2S/c1-13(2)9-15-10-24-8-7-14(15)11-25-12-18(27)26(19(25)28)16-3-5-17(6-4-16)29-20(21,22)23/h3-8,10,13H,9,11-12H2,1-2H3. The number of pyridine rings is 1. The number of nitrogens with zero attached hydrogens (tertiary/aromatic N) is 3. The van der Waals surface area contributed by atoms with Crippen LogP contribution < -0.4 is 4.90 Å². The molecule has 29 heavy (non-hydrogen) atoms. The summed E-state index contributed by atoms with van der Waals surface area (Å²) in [7, 11) is 0. The first-order valence-corrected chi connectivity index (χ1v) is 9.85. The van der Waals surface area contributed by atoms with Gasteiger partial charge in [0.2, 0.25) is 0 Å². The number of anilines is 1. The summed E-state index contributed by atoms with van der Waals surface area (Å²) in [6, 6.07) is 6.55. The summed E-state index contributed by atoms with van der Waals surface area (Å²) < 4.78 is 37.4. The summed E-state index contributed by atoms with van der Waals surface area (Å²) in [5.74, 6) is 0.00383. The average molecular weight is 423 g/mol. The van der Waals surface area contributed by atoms with Crippen molar-refractivity contribution in [1.82, 2.24) is 9.88 Å². The van der Waals surface area contributed by atoms with Crippen molar-refractivity contribution in [3.63, 3.8) is 0 Å². The van der Waals surface area contributed by atoms with E-state index >= 15 is 0 Å². The monoisotopic (exact) mass is 423 g/mol. The van der Waals surface area contributed by atoms with Gasteiger partial charge in [-0.2, -0.15) is 13.2 Å². The molecule has 1 aromatic heterocycles. The highest BCUT2D eigenvalue weighted by Crippen LogP contribution is 2.37. The zero-order chi connectivity index (χ0) is 21.2. The summed E-state index contributed by atoms with van der Waals surface area (Å²) in [4.78, 5) is 31.8. The Morgan fingerprint density at radius 1 is 1.10 bits per heavy atom. The van der Waals surface area contributed by atoms with Crippen LogP contribution in [0.3, 0.4) is 0 Å². The number of imide groups is 1. The fourth-order valence-electron chi connectivity index (χ4n) is 3.16. The molecular formula is C20H20F3N3O2S. The first kappa shape index (κ1) is 21.2. The molecule has 1 aliphatic rings. The van der Waals surface area contributed by atoms with Gasteiger partial charge < -0.3 is 4.90 Å². The smallest absolute Gasteiger partial charge is 0.310 e. The number of carbonyl (C=O) groups excluding carboxylic acids is 2. The van der Waals surface area contributed by atoms with E-state index in [4.69, 9.17) is 0 Å². The van der Waals surface area contributed by atoms with E-state index in [9.17, 15) is 22.8 Å². The molecular weight excluding hydrogens is 403 g/mol. The zero-order valence-electron chi connectivity index (χ0n) is 15.9. The molecule has 0 spiro atoms. The van der Waals surface area contributed by atoms with E-state index in [-0.39, 0.29) is 35.4 Å². The van der Waals surface area contributed by atoms with Gasteiger partial charge in [0.25, 0.3) is 5.91 Å². The predicted octanol–water partition coefficient (Wildman–Crippen LogP) is 4.86. The lowest BCUT2D eigenvalue weighted by atomic mass is 10.00. The van der Waals surface area contributed by atoms with Crippen molar-refractivity contribution in [3.8, 4) is 0 Å². The normalized spacial score (nSPS) is 15.0. The Bertz CT molecular complexity index is 901. The third-order valence-electron chi connectivity index (χ3n) is 4.36. The lowest BCUT2D eigenvalue weighted by Gasteiger charge is -2.19. The molecule has 0 aliphatic carbocycles. The van der Waals surface area contributed by atoms with Crippen molar-refractivity contribution in [2.45, 2.75) is 37.2 Å². The number of benzene rings is 1. The number of amides is 3. The van der Waals surface area contributed by atoms with E-state index in [1.807, 2.05) is 6.07 Å². The highest BCUT2D eigenvalue weighted by Gasteiger charge is 2.37. The van der Waals surface area contributed by atoms with Gasteiger partial charge in [0, 0.05) is 23.8 Å². The van der Waals surface area contributed by atoms with Crippen LogP contribution in [-0.4, -0.2) is 33.9 Å². The number of alkyl halides is 3. The Morgan fingerprint density at radius 2 is 1.79 bits per heavy atom. The second-order valence-corrected chi connectivity index (χ2v) is 8.29. The van der Waals surface area contributed by atoms with Crippen LogP contribution >= 0.6 is 11.8 Å². The van der Waals surface area contributed by atoms with Gasteiger partial charge in [-0.3, -0.25) is 9.78 Å². The number of rotatable bonds is 6. The molecule has 1 aliphatic heterocycles. The molecule has 3 rings (SSSR count). The molecule has 0 N–H and O–H groups in total.